The fraction of sp³-hybridized carbons (Fsp3) is 0.850. The largest absolute Gasteiger partial charge is 0.385 e. The predicted octanol–water partition coefficient (Wildman–Crippen LogP) is 4.13. The van der Waals surface area contributed by atoms with E-state index in [2.05, 4.69) is 26.8 Å². The summed E-state index contributed by atoms with van der Waals surface area (Å²) in [6.07, 6.45) is 9.81. The molecule has 0 bridgehead atoms. The Labute approximate surface area is 134 Å². The van der Waals surface area contributed by atoms with Gasteiger partial charge in [-0.1, -0.05) is 32.4 Å². The van der Waals surface area contributed by atoms with Gasteiger partial charge in [0.15, 0.2) is 5.78 Å². The van der Waals surface area contributed by atoms with Gasteiger partial charge in [0.2, 0.25) is 0 Å². The molecule has 122 valence electrons. The van der Waals surface area contributed by atoms with E-state index in [1.807, 2.05) is 0 Å². The Bertz CT molecular complexity index is 536. The van der Waals surface area contributed by atoms with Crippen molar-refractivity contribution in [1.82, 2.24) is 0 Å². The first-order valence-electron chi connectivity index (χ1n) is 9.28. The Morgan fingerprint density at radius 1 is 1.14 bits per heavy atom. The number of carbonyl (C=O) groups is 1. The van der Waals surface area contributed by atoms with Gasteiger partial charge in [0.1, 0.15) is 6.10 Å². The van der Waals surface area contributed by atoms with Gasteiger partial charge in [-0.2, -0.15) is 0 Å². The molecule has 1 N–H and O–H groups in total. The highest BCUT2D eigenvalue weighted by molar-refractivity contribution is 5.91. The van der Waals surface area contributed by atoms with Gasteiger partial charge in [-0.05, 0) is 74.0 Å². The quantitative estimate of drug-likeness (QED) is 0.683. The van der Waals surface area contributed by atoms with Gasteiger partial charge in [-0.15, -0.1) is 0 Å². The molecule has 1 unspecified atom stereocenters. The van der Waals surface area contributed by atoms with E-state index in [1.165, 1.54) is 25.7 Å². The summed E-state index contributed by atoms with van der Waals surface area (Å²) in [7, 11) is 0. The lowest BCUT2D eigenvalue weighted by molar-refractivity contribution is -0.136. The highest BCUT2D eigenvalue weighted by Gasteiger charge is 2.60. The lowest BCUT2D eigenvalue weighted by Gasteiger charge is -2.56. The summed E-state index contributed by atoms with van der Waals surface area (Å²) in [5, 5.41) is 10.2. The van der Waals surface area contributed by atoms with E-state index in [0.29, 0.717) is 23.7 Å². The topological polar surface area (TPSA) is 37.3 Å². The predicted molar refractivity (Wildman–Crippen MR) is 87.3 cm³/mol. The standard InChI is InChI=1S/C20H30O2/c1-12-6-8-19(2)13(10-12)4-5-14-15(19)7-9-20(3)16(14)11-17(21)18(20)22/h4,12,14-17,21H,5-11H2,1-3H3/t12?,14-,15+,16+,17-,19+,20+/m1/s1. The number of rotatable bonds is 0. The van der Waals surface area contributed by atoms with Gasteiger partial charge in [0, 0.05) is 5.41 Å². The molecule has 0 heterocycles. The summed E-state index contributed by atoms with van der Waals surface area (Å²) >= 11 is 0. The third-order valence-electron chi connectivity index (χ3n) is 8.08. The van der Waals surface area contributed by atoms with Crippen LogP contribution in [0.15, 0.2) is 11.6 Å². The monoisotopic (exact) mass is 302 g/mol. The van der Waals surface area contributed by atoms with E-state index in [4.69, 9.17) is 0 Å². The first-order valence-corrected chi connectivity index (χ1v) is 9.28. The normalized spacial score (nSPS) is 54.3. The van der Waals surface area contributed by atoms with Gasteiger partial charge in [0.05, 0.1) is 0 Å². The van der Waals surface area contributed by atoms with Crippen LogP contribution in [-0.4, -0.2) is 17.0 Å². The van der Waals surface area contributed by atoms with Crippen LogP contribution in [0.2, 0.25) is 0 Å². The van der Waals surface area contributed by atoms with Crippen molar-refractivity contribution in [3.8, 4) is 0 Å². The summed E-state index contributed by atoms with van der Waals surface area (Å²) in [5.41, 5.74) is 1.83. The molecule has 0 radical (unpaired) electrons. The molecule has 0 aromatic rings. The molecule has 2 nitrogen and oxygen atoms in total. The molecule has 0 aromatic carbocycles. The zero-order valence-electron chi connectivity index (χ0n) is 14.3. The summed E-state index contributed by atoms with van der Waals surface area (Å²) in [6.45, 7) is 7.02. The van der Waals surface area contributed by atoms with Gasteiger partial charge < -0.3 is 5.11 Å². The van der Waals surface area contributed by atoms with Gasteiger partial charge in [-0.25, -0.2) is 0 Å². The number of hydrogen-bond acceptors (Lipinski definition) is 2. The smallest absolute Gasteiger partial charge is 0.167 e. The average Bonchev–Trinajstić information content (AvgIpc) is 2.72. The van der Waals surface area contributed by atoms with Gasteiger partial charge >= 0.3 is 0 Å². The summed E-state index contributed by atoms with van der Waals surface area (Å²) in [5.74, 6) is 2.72. The number of aliphatic hydroxyl groups excluding tert-OH is 1. The van der Waals surface area contributed by atoms with E-state index >= 15 is 0 Å². The number of hydrogen-bond donors (Lipinski definition) is 1. The van der Waals surface area contributed by atoms with Crippen LogP contribution >= 0.6 is 0 Å². The molecule has 4 aliphatic rings. The fourth-order valence-electron chi connectivity index (χ4n) is 6.63. The highest BCUT2D eigenvalue weighted by atomic mass is 16.3. The Kier molecular flexibility index (Phi) is 3.18. The average molecular weight is 302 g/mol. The molecule has 4 aliphatic carbocycles. The Balaban J connectivity index is 1.70. The molecule has 4 rings (SSSR count). The maximum Gasteiger partial charge on any atom is 0.167 e. The van der Waals surface area contributed by atoms with E-state index < -0.39 is 6.10 Å². The van der Waals surface area contributed by atoms with Crippen LogP contribution in [0.4, 0.5) is 0 Å². The number of carbonyl (C=O) groups excluding carboxylic acids is 1. The zero-order valence-corrected chi connectivity index (χ0v) is 14.3. The Morgan fingerprint density at radius 3 is 2.64 bits per heavy atom. The maximum absolute atomic E-state index is 12.5. The molecule has 0 saturated heterocycles. The van der Waals surface area contributed by atoms with Crippen LogP contribution in [0.25, 0.3) is 0 Å². The minimum atomic E-state index is -0.696. The van der Waals surface area contributed by atoms with Crippen LogP contribution < -0.4 is 0 Å². The lowest BCUT2D eigenvalue weighted by atomic mass is 9.47. The van der Waals surface area contributed by atoms with Crippen molar-refractivity contribution in [2.24, 2.45) is 34.5 Å². The molecule has 22 heavy (non-hydrogen) atoms. The molecule has 3 fully saturated rings. The minimum Gasteiger partial charge on any atom is -0.385 e. The molecule has 7 atom stereocenters. The molecular weight excluding hydrogens is 272 g/mol. The van der Waals surface area contributed by atoms with E-state index in [9.17, 15) is 9.90 Å². The second-order valence-electron chi connectivity index (χ2n) is 9.18. The van der Waals surface area contributed by atoms with Crippen molar-refractivity contribution in [2.45, 2.75) is 71.8 Å². The van der Waals surface area contributed by atoms with E-state index in [0.717, 1.165) is 24.7 Å². The SMILES string of the molecule is CC1CC[C@@]2(C)C(=CC[C@@H]3[C@@H]2CC[C@]2(C)C(=O)[C@H](O)C[C@@H]32)C1. The van der Waals surface area contributed by atoms with Crippen molar-refractivity contribution in [3.05, 3.63) is 11.6 Å². The second-order valence-corrected chi connectivity index (χ2v) is 9.18. The third kappa shape index (κ3) is 1.79. The van der Waals surface area contributed by atoms with Gasteiger partial charge in [0.25, 0.3) is 0 Å². The van der Waals surface area contributed by atoms with Crippen LogP contribution in [0.3, 0.4) is 0 Å². The number of allylic oxidation sites excluding steroid dienone is 2. The first kappa shape index (κ1) is 14.9. The summed E-state index contributed by atoms with van der Waals surface area (Å²) in [6, 6.07) is 0. The van der Waals surface area contributed by atoms with Crippen LogP contribution in [0.1, 0.15) is 65.7 Å². The van der Waals surface area contributed by atoms with Crippen molar-refractivity contribution < 1.29 is 9.90 Å². The molecule has 0 aliphatic heterocycles. The minimum absolute atomic E-state index is 0.133. The Morgan fingerprint density at radius 2 is 1.86 bits per heavy atom. The van der Waals surface area contributed by atoms with Crippen molar-refractivity contribution in [1.29, 1.82) is 0 Å². The lowest BCUT2D eigenvalue weighted by Crippen LogP contribution is -2.50. The summed E-state index contributed by atoms with van der Waals surface area (Å²) in [4.78, 5) is 12.5. The molecule has 0 aromatic heterocycles. The number of fused-ring (bicyclic) bond motifs is 5. The number of ketones is 1. The Hall–Kier alpha value is -0.630. The van der Waals surface area contributed by atoms with Crippen LogP contribution in [0.5, 0.6) is 0 Å². The maximum atomic E-state index is 12.5. The van der Waals surface area contributed by atoms with E-state index in [-0.39, 0.29) is 11.2 Å². The van der Waals surface area contributed by atoms with Crippen LogP contribution in [0, 0.1) is 34.5 Å². The molecule has 0 amide bonds. The van der Waals surface area contributed by atoms with E-state index in [1.54, 1.807) is 5.57 Å². The van der Waals surface area contributed by atoms with Gasteiger partial charge in [-0.3, -0.25) is 4.79 Å². The van der Waals surface area contributed by atoms with Crippen molar-refractivity contribution in [3.63, 3.8) is 0 Å². The molecule has 3 saturated carbocycles. The molecule has 0 spiro atoms. The number of Topliss-reactive ketones (excluding diaryl/α,β-unsaturated/α-hetero) is 1. The molecule has 2 heteroatoms. The van der Waals surface area contributed by atoms with Crippen LogP contribution in [-0.2, 0) is 4.79 Å². The number of aliphatic hydroxyl groups is 1. The summed E-state index contributed by atoms with van der Waals surface area (Å²) < 4.78 is 0. The molecular formula is C20H30O2. The third-order valence-corrected chi connectivity index (χ3v) is 8.08. The zero-order chi connectivity index (χ0) is 15.7. The van der Waals surface area contributed by atoms with Crippen molar-refractivity contribution in [2.75, 3.05) is 0 Å². The highest BCUT2D eigenvalue weighted by Crippen LogP contribution is 2.64. The first-order chi connectivity index (χ1) is 10.4. The second kappa shape index (κ2) is 4.69. The van der Waals surface area contributed by atoms with Crippen molar-refractivity contribution >= 4 is 5.78 Å². The fourth-order valence-corrected chi connectivity index (χ4v) is 6.63.